The Labute approximate surface area is 76.4 Å². The summed E-state index contributed by atoms with van der Waals surface area (Å²) in [7, 11) is 0. The third-order valence-corrected chi connectivity index (χ3v) is 0. The van der Waals surface area contributed by atoms with Crippen molar-refractivity contribution < 1.29 is 77.6 Å². The van der Waals surface area contributed by atoms with E-state index in [4.69, 9.17) is 0 Å². The summed E-state index contributed by atoms with van der Waals surface area (Å²) in [5.41, 5.74) is 0. The van der Waals surface area contributed by atoms with E-state index in [1.165, 1.54) is 0 Å². The Kier molecular flexibility index (Phi) is 163. The summed E-state index contributed by atoms with van der Waals surface area (Å²) in [5, 5.41) is 0. The molecule has 0 unspecified atom stereocenters. The van der Waals surface area contributed by atoms with Gasteiger partial charge < -0.3 is 37.2 Å². The molecule has 0 nitrogen and oxygen atoms in total. The zero-order chi connectivity index (χ0) is 0. The molecular formula is Cl3Pm-3. The van der Waals surface area contributed by atoms with E-state index in [-0.39, 0.29) is 77.6 Å². The average molecular weight is 251 g/mol. The van der Waals surface area contributed by atoms with Crippen LogP contribution in [-0.2, 0) is 0 Å². The van der Waals surface area contributed by atoms with Crippen molar-refractivity contribution in [3.63, 3.8) is 0 Å². The minimum absolute atomic E-state index is 0. The maximum atomic E-state index is 0. The molecule has 0 aliphatic carbocycles. The van der Waals surface area contributed by atoms with Gasteiger partial charge in [0, 0.05) is 40.4 Å². The average Bonchev–Trinajstić information content (AvgIpc) is 0. The van der Waals surface area contributed by atoms with Crippen molar-refractivity contribution in [3.05, 3.63) is 0 Å². The molecule has 0 spiro atoms. The maximum Gasteiger partial charge on any atom is 0 e. The number of hydrogen-bond acceptors (Lipinski definition) is 0. The van der Waals surface area contributed by atoms with Gasteiger partial charge in [0.05, 0.1) is 0 Å². The summed E-state index contributed by atoms with van der Waals surface area (Å²) in [6, 6.07) is 0. The molecule has 4 heavy (non-hydrogen) atoms. The molecule has 0 atom stereocenters. The smallest absolute Gasteiger partial charge is 0 e. The van der Waals surface area contributed by atoms with Crippen LogP contribution in [0.3, 0.4) is 0 Å². The molecule has 0 aromatic rings. The Balaban J connectivity index is 0. The molecule has 1 radical (unpaired) electrons. The SMILES string of the molecule is [Cl-].[Cl-].[Cl-].[Pm]. The standard InChI is InChI=1S/3ClH.Pm/h3*1H;/p-3. The molecule has 0 amide bonds. The van der Waals surface area contributed by atoms with Gasteiger partial charge in [-0.3, -0.25) is 0 Å². The summed E-state index contributed by atoms with van der Waals surface area (Å²) in [6.07, 6.45) is 0. The Morgan fingerprint density at radius 1 is 0.500 bits per heavy atom. The van der Waals surface area contributed by atoms with Crippen LogP contribution < -0.4 is 37.2 Å². The molecule has 0 aliphatic heterocycles. The third kappa shape index (κ3) is 8.88. The van der Waals surface area contributed by atoms with Crippen molar-refractivity contribution in [1.29, 1.82) is 0 Å². The molecule has 0 aromatic carbocycles. The van der Waals surface area contributed by atoms with Crippen LogP contribution in [0.5, 0.6) is 0 Å². The van der Waals surface area contributed by atoms with E-state index in [2.05, 4.69) is 0 Å². The predicted molar refractivity (Wildman–Crippen MR) is 0 cm³/mol. The quantitative estimate of drug-likeness (QED) is 0.401. The van der Waals surface area contributed by atoms with E-state index in [0.29, 0.717) is 0 Å². The summed E-state index contributed by atoms with van der Waals surface area (Å²) < 4.78 is 0. The van der Waals surface area contributed by atoms with Crippen LogP contribution in [0.15, 0.2) is 0 Å². The van der Waals surface area contributed by atoms with E-state index in [9.17, 15) is 0 Å². The Hall–Kier alpha value is 2.21. The Morgan fingerprint density at radius 2 is 0.500 bits per heavy atom. The number of rotatable bonds is 0. The Morgan fingerprint density at radius 3 is 0.500 bits per heavy atom. The Bertz CT molecular complexity index is 3.25. The van der Waals surface area contributed by atoms with Crippen LogP contribution >= 0.6 is 0 Å². The summed E-state index contributed by atoms with van der Waals surface area (Å²) in [5.74, 6) is 0. The van der Waals surface area contributed by atoms with Crippen LogP contribution in [-0.4, -0.2) is 0 Å². The molecule has 4 heteroatoms. The molecule has 0 heterocycles. The van der Waals surface area contributed by atoms with Gasteiger partial charge in [0.15, 0.2) is 0 Å². The molecule has 29 valence electrons. The second-order valence-corrected chi connectivity index (χ2v) is 0. The first-order valence-corrected chi connectivity index (χ1v) is 0. The molecule has 0 N–H and O–H groups in total. The van der Waals surface area contributed by atoms with Crippen LogP contribution in [0.1, 0.15) is 0 Å². The molecule has 0 rings (SSSR count). The fourth-order valence-electron chi connectivity index (χ4n) is 0. The first-order chi connectivity index (χ1) is 0. The van der Waals surface area contributed by atoms with Gasteiger partial charge in [-0.05, 0) is 0 Å². The molecule has 0 aliphatic rings. The first-order valence-electron chi connectivity index (χ1n) is 0. The first kappa shape index (κ1) is 34.5. The number of halogens is 3. The molecule has 0 aromatic heterocycles. The summed E-state index contributed by atoms with van der Waals surface area (Å²) in [4.78, 5) is 0. The van der Waals surface area contributed by atoms with Crippen molar-refractivity contribution >= 4 is 0 Å². The molecule has 0 bridgehead atoms. The summed E-state index contributed by atoms with van der Waals surface area (Å²) >= 11 is 0. The van der Waals surface area contributed by atoms with Gasteiger partial charge in [-0.25, -0.2) is 0 Å². The van der Waals surface area contributed by atoms with Gasteiger partial charge in [-0.2, -0.15) is 0 Å². The molecule has 0 saturated heterocycles. The van der Waals surface area contributed by atoms with Crippen molar-refractivity contribution in [1.82, 2.24) is 0 Å². The molecule has 0 saturated carbocycles. The van der Waals surface area contributed by atoms with Gasteiger partial charge >= 0.3 is 0 Å². The zero-order valence-corrected chi connectivity index (χ0v) is 6.72. The summed E-state index contributed by atoms with van der Waals surface area (Å²) in [6.45, 7) is 0. The van der Waals surface area contributed by atoms with E-state index in [1.807, 2.05) is 0 Å². The second kappa shape index (κ2) is 18.9. The van der Waals surface area contributed by atoms with Crippen molar-refractivity contribution in [2.75, 3.05) is 0 Å². The van der Waals surface area contributed by atoms with E-state index in [1.54, 1.807) is 0 Å². The van der Waals surface area contributed by atoms with Gasteiger partial charge in [-0.1, -0.05) is 0 Å². The monoisotopic (exact) mass is 250 g/mol. The maximum absolute atomic E-state index is 0. The van der Waals surface area contributed by atoms with E-state index in [0.717, 1.165) is 0 Å². The van der Waals surface area contributed by atoms with Crippen molar-refractivity contribution in [2.24, 2.45) is 0 Å². The topological polar surface area (TPSA) is 0 Å². The van der Waals surface area contributed by atoms with E-state index < -0.39 is 0 Å². The zero-order valence-electron chi connectivity index (χ0n) is 1.58. The molecule has 0 fully saturated rings. The van der Waals surface area contributed by atoms with Gasteiger partial charge in [-0.15, -0.1) is 0 Å². The second-order valence-electron chi connectivity index (χ2n) is 0. The number of hydrogen-bond donors (Lipinski definition) is 0. The van der Waals surface area contributed by atoms with E-state index >= 15 is 0 Å². The van der Waals surface area contributed by atoms with Crippen molar-refractivity contribution in [2.45, 2.75) is 0 Å². The third-order valence-electron chi connectivity index (χ3n) is 0. The predicted octanol–water partition coefficient (Wildman–Crippen LogP) is -8.99. The minimum Gasteiger partial charge on any atom is -1.00 e. The normalized spacial score (nSPS) is 0. The minimum atomic E-state index is 0. The van der Waals surface area contributed by atoms with Gasteiger partial charge in [0.2, 0.25) is 0 Å². The van der Waals surface area contributed by atoms with Crippen LogP contribution in [0.2, 0.25) is 0 Å². The fraction of sp³-hybridized carbons (Fsp3) is 0. The van der Waals surface area contributed by atoms with Gasteiger partial charge in [0.1, 0.15) is 0 Å². The fourth-order valence-corrected chi connectivity index (χ4v) is 0. The van der Waals surface area contributed by atoms with Crippen LogP contribution in [0.25, 0.3) is 0 Å². The van der Waals surface area contributed by atoms with Crippen molar-refractivity contribution in [3.8, 4) is 0 Å². The van der Waals surface area contributed by atoms with Crippen LogP contribution in [0.4, 0.5) is 0 Å². The van der Waals surface area contributed by atoms with Gasteiger partial charge in [0.25, 0.3) is 0 Å². The molecular weight excluding hydrogens is 251 g/mol. The largest absolute Gasteiger partial charge is 1.00 e. The van der Waals surface area contributed by atoms with Crippen LogP contribution in [0, 0.1) is 40.4 Å².